The van der Waals surface area contributed by atoms with Gasteiger partial charge in [-0.25, -0.2) is 0 Å². The Morgan fingerprint density at radius 3 is 2.48 bits per heavy atom. The summed E-state index contributed by atoms with van der Waals surface area (Å²) >= 11 is 0. The van der Waals surface area contributed by atoms with Gasteiger partial charge < -0.3 is 15.7 Å². The normalized spacial score (nSPS) is 36.3. The molecule has 25 heavy (non-hydrogen) atoms. The van der Waals surface area contributed by atoms with Gasteiger partial charge in [-0.15, -0.1) is 0 Å². The first-order valence-corrected chi connectivity index (χ1v) is 9.62. The Morgan fingerprint density at radius 2 is 1.88 bits per heavy atom. The monoisotopic (exact) mass is 342 g/mol. The highest BCUT2D eigenvalue weighted by atomic mass is 16.3. The highest BCUT2D eigenvalue weighted by Crippen LogP contribution is 2.55. The molecule has 0 aromatic heterocycles. The lowest BCUT2D eigenvalue weighted by Crippen LogP contribution is -2.63. The Balaban J connectivity index is 1.44. The lowest BCUT2D eigenvalue weighted by molar-refractivity contribution is -0.148. The molecule has 5 atom stereocenters. The van der Waals surface area contributed by atoms with Crippen LogP contribution in [0.3, 0.4) is 0 Å². The molecule has 0 radical (unpaired) electrons. The fraction of sp³-hybridized carbons (Fsp3) is 0.667. The molecule has 4 aliphatic carbocycles. The lowest BCUT2D eigenvalue weighted by atomic mass is 9.52. The average molecular weight is 342 g/mol. The summed E-state index contributed by atoms with van der Waals surface area (Å²) in [6.45, 7) is 5.93. The van der Waals surface area contributed by atoms with Gasteiger partial charge in [-0.2, -0.15) is 0 Å². The number of nitrogens with one attached hydrogen (secondary N) is 2. The topological polar surface area (TPSA) is 61.4 Å². The molecule has 4 saturated carbocycles. The molecule has 1 aromatic rings. The zero-order valence-electron chi connectivity index (χ0n) is 15.5. The molecule has 3 unspecified atom stereocenters. The summed E-state index contributed by atoms with van der Waals surface area (Å²) in [5.41, 5.74) is 1.03. The molecule has 1 amide bonds. The van der Waals surface area contributed by atoms with Crippen LogP contribution < -0.4 is 10.6 Å². The van der Waals surface area contributed by atoms with Crippen LogP contribution in [0.2, 0.25) is 0 Å². The maximum Gasteiger partial charge on any atom is 0.245 e. The number of anilines is 1. The fourth-order valence-corrected chi connectivity index (χ4v) is 5.69. The van der Waals surface area contributed by atoms with Gasteiger partial charge in [-0.3, -0.25) is 4.79 Å². The molecule has 4 nitrogen and oxygen atoms in total. The van der Waals surface area contributed by atoms with E-state index in [1.54, 1.807) is 0 Å². The van der Waals surface area contributed by atoms with E-state index < -0.39 is 11.1 Å². The van der Waals surface area contributed by atoms with Crippen LogP contribution in [0.4, 0.5) is 5.69 Å². The molecule has 0 spiro atoms. The second-order valence-corrected chi connectivity index (χ2v) is 9.31. The van der Waals surface area contributed by atoms with Crippen molar-refractivity contribution in [2.24, 2.45) is 17.8 Å². The van der Waals surface area contributed by atoms with Crippen LogP contribution in [-0.4, -0.2) is 28.2 Å². The minimum absolute atomic E-state index is 0.0541. The number of aryl methyl sites for hydroxylation is 1. The molecule has 1 aromatic carbocycles. The van der Waals surface area contributed by atoms with Crippen LogP contribution in [0.25, 0.3) is 0 Å². The van der Waals surface area contributed by atoms with Crippen molar-refractivity contribution >= 4 is 11.6 Å². The minimum atomic E-state index is -0.667. The second kappa shape index (κ2) is 5.73. The summed E-state index contributed by atoms with van der Waals surface area (Å²) in [7, 11) is 0. The number of hydrogen-bond donors (Lipinski definition) is 3. The highest BCUT2D eigenvalue weighted by Gasteiger charge is 2.55. The first-order valence-electron chi connectivity index (χ1n) is 9.62. The number of hydrogen-bond acceptors (Lipinski definition) is 3. The molecular formula is C21H30N2O2. The third-order valence-electron chi connectivity index (χ3n) is 6.58. The lowest BCUT2D eigenvalue weighted by Gasteiger charge is -2.58. The summed E-state index contributed by atoms with van der Waals surface area (Å²) < 4.78 is 0. The van der Waals surface area contributed by atoms with Crippen LogP contribution in [0, 0.1) is 24.7 Å². The van der Waals surface area contributed by atoms with E-state index in [2.05, 4.69) is 29.7 Å². The Labute approximate surface area is 150 Å². The van der Waals surface area contributed by atoms with E-state index in [-0.39, 0.29) is 11.9 Å². The van der Waals surface area contributed by atoms with Gasteiger partial charge in [0.15, 0.2) is 0 Å². The van der Waals surface area contributed by atoms with Crippen molar-refractivity contribution < 1.29 is 9.90 Å². The van der Waals surface area contributed by atoms with Crippen molar-refractivity contribution in [1.29, 1.82) is 0 Å². The molecule has 5 rings (SSSR count). The van der Waals surface area contributed by atoms with E-state index >= 15 is 0 Å². The Bertz CT molecular complexity index is 668. The Kier molecular flexibility index (Phi) is 3.87. The molecule has 136 valence electrons. The van der Waals surface area contributed by atoms with Gasteiger partial charge in [0.05, 0.1) is 5.60 Å². The summed E-state index contributed by atoms with van der Waals surface area (Å²) in [5, 5.41) is 17.4. The van der Waals surface area contributed by atoms with Crippen molar-refractivity contribution in [1.82, 2.24) is 5.32 Å². The van der Waals surface area contributed by atoms with Gasteiger partial charge in [0.2, 0.25) is 5.91 Å². The predicted octanol–water partition coefficient (Wildman–Crippen LogP) is 3.24. The van der Waals surface area contributed by atoms with Gasteiger partial charge in [0, 0.05) is 11.7 Å². The van der Waals surface area contributed by atoms with Gasteiger partial charge >= 0.3 is 0 Å². The van der Waals surface area contributed by atoms with E-state index in [0.717, 1.165) is 37.8 Å². The number of carbonyl (C=O) groups is 1. The van der Waals surface area contributed by atoms with E-state index in [1.807, 2.05) is 26.0 Å². The second-order valence-electron chi connectivity index (χ2n) is 9.31. The third kappa shape index (κ3) is 3.17. The molecule has 4 bridgehead atoms. The number of rotatable bonds is 4. The van der Waals surface area contributed by atoms with E-state index in [9.17, 15) is 9.90 Å². The van der Waals surface area contributed by atoms with Gasteiger partial charge in [-0.1, -0.05) is 12.1 Å². The number of benzene rings is 1. The van der Waals surface area contributed by atoms with Crippen LogP contribution in [0.15, 0.2) is 24.3 Å². The minimum Gasteiger partial charge on any atom is -0.390 e. The number of aliphatic hydroxyl groups is 1. The first kappa shape index (κ1) is 16.9. The zero-order chi connectivity index (χ0) is 17.8. The van der Waals surface area contributed by atoms with Crippen molar-refractivity contribution in [3.8, 4) is 0 Å². The van der Waals surface area contributed by atoms with Gasteiger partial charge in [0.1, 0.15) is 5.54 Å². The number of amides is 1. The van der Waals surface area contributed by atoms with Crippen LogP contribution in [0.1, 0.15) is 51.5 Å². The summed E-state index contributed by atoms with van der Waals surface area (Å²) in [4.78, 5) is 13.0. The molecule has 0 aliphatic heterocycles. The Morgan fingerprint density at radius 1 is 1.20 bits per heavy atom. The maximum absolute atomic E-state index is 13.0. The van der Waals surface area contributed by atoms with Crippen molar-refractivity contribution in [3.63, 3.8) is 0 Å². The SMILES string of the molecule is Cc1cccc(NC(C)(C)C(=O)NC2[C@@H]3CC4C[C@H]2CC(O)(C4)C3)c1. The van der Waals surface area contributed by atoms with Crippen molar-refractivity contribution in [2.45, 2.75) is 70.1 Å². The largest absolute Gasteiger partial charge is 0.390 e. The molecule has 4 heteroatoms. The number of carbonyl (C=O) groups excluding carboxylic acids is 1. The summed E-state index contributed by atoms with van der Waals surface area (Å²) in [6.07, 6.45) is 5.01. The van der Waals surface area contributed by atoms with Crippen LogP contribution in [0.5, 0.6) is 0 Å². The zero-order valence-corrected chi connectivity index (χ0v) is 15.5. The van der Waals surface area contributed by atoms with Crippen LogP contribution >= 0.6 is 0 Å². The first-order chi connectivity index (χ1) is 11.7. The fourth-order valence-electron chi connectivity index (χ4n) is 5.69. The van der Waals surface area contributed by atoms with E-state index in [1.165, 1.54) is 5.56 Å². The van der Waals surface area contributed by atoms with E-state index in [0.29, 0.717) is 17.8 Å². The molecule has 3 N–H and O–H groups in total. The standard InChI is InChI=1S/C21H30N2O2/c1-13-5-4-6-17(7-13)23-20(2,3)19(24)22-18-15-8-14-9-16(18)12-21(25,10-14)11-15/h4-7,14-16,18,23,25H,8-12H2,1-3H3,(H,22,24)/t14?,15-,16+,18?,21?. The highest BCUT2D eigenvalue weighted by molar-refractivity contribution is 5.88. The smallest absolute Gasteiger partial charge is 0.245 e. The average Bonchev–Trinajstić information content (AvgIpc) is 2.48. The molecule has 0 saturated heterocycles. The third-order valence-corrected chi connectivity index (χ3v) is 6.58. The quantitative estimate of drug-likeness (QED) is 0.787. The van der Waals surface area contributed by atoms with Gasteiger partial charge in [-0.05, 0) is 88.3 Å². The van der Waals surface area contributed by atoms with Crippen LogP contribution in [-0.2, 0) is 4.79 Å². The van der Waals surface area contributed by atoms with E-state index in [4.69, 9.17) is 0 Å². The predicted molar refractivity (Wildman–Crippen MR) is 99.3 cm³/mol. The van der Waals surface area contributed by atoms with Crippen molar-refractivity contribution in [3.05, 3.63) is 29.8 Å². The maximum atomic E-state index is 13.0. The molecule has 4 fully saturated rings. The summed E-state index contributed by atoms with van der Waals surface area (Å²) in [5.74, 6) is 1.59. The van der Waals surface area contributed by atoms with Crippen molar-refractivity contribution in [2.75, 3.05) is 5.32 Å². The molecule has 0 heterocycles. The Hall–Kier alpha value is -1.55. The van der Waals surface area contributed by atoms with Gasteiger partial charge in [0.25, 0.3) is 0 Å². The molecule has 4 aliphatic rings. The molecular weight excluding hydrogens is 312 g/mol. The summed E-state index contributed by atoms with van der Waals surface area (Å²) in [6, 6.07) is 8.35.